The normalized spacial score (nSPS) is 11.7. The molecule has 3 rings (SSSR count). The highest BCUT2D eigenvalue weighted by Crippen LogP contribution is 2.25. The van der Waals surface area contributed by atoms with Crippen molar-refractivity contribution in [2.45, 2.75) is 20.0 Å². The minimum atomic E-state index is -1.07. The third-order valence-electron chi connectivity index (χ3n) is 3.80. The van der Waals surface area contributed by atoms with Crippen molar-refractivity contribution in [3.63, 3.8) is 0 Å². The SMILES string of the molecule is Cc1nn(-c2ccccc2)nc1C(=O)OC(C)C(=O)Nc1ccc(Cl)cc1Cl. The number of benzene rings is 2. The number of ether oxygens (including phenoxy) is 1. The molecule has 3 aromatic rings. The van der Waals surface area contributed by atoms with Crippen LogP contribution in [0, 0.1) is 6.92 Å². The molecular weight excluding hydrogens is 403 g/mol. The smallest absolute Gasteiger partial charge is 0.361 e. The quantitative estimate of drug-likeness (QED) is 0.631. The number of carbonyl (C=O) groups is 2. The summed E-state index contributed by atoms with van der Waals surface area (Å²) in [5.74, 6) is -1.28. The van der Waals surface area contributed by atoms with Gasteiger partial charge in [0.15, 0.2) is 11.8 Å². The van der Waals surface area contributed by atoms with E-state index in [-0.39, 0.29) is 10.7 Å². The van der Waals surface area contributed by atoms with Gasteiger partial charge in [-0.25, -0.2) is 4.79 Å². The Balaban J connectivity index is 1.68. The fraction of sp³-hybridized carbons (Fsp3) is 0.158. The van der Waals surface area contributed by atoms with Crippen molar-refractivity contribution in [3.05, 3.63) is 70.0 Å². The fourth-order valence-electron chi connectivity index (χ4n) is 2.34. The minimum Gasteiger partial charge on any atom is -0.448 e. The predicted octanol–water partition coefficient (Wildman–Crippen LogP) is 4.07. The Bertz CT molecular complexity index is 1020. The summed E-state index contributed by atoms with van der Waals surface area (Å²) in [5, 5.41) is 11.7. The first kappa shape index (κ1) is 19.9. The van der Waals surface area contributed by atoms with Crippen LogP contribution in [0.15, 0.2) is 48.5 Å². The van der Waals surface area contributed by atoms with Gasteiger partial charge in [-0.05, 0) is 44.2 Å². The van der Waals surface area contributed by atoms with Gasteiger partial charge in [0.25, 0.3) is 5.91 Å². The highest BCUT2D eigenvalue weighted by atomic mass is 35.5. The minimum absolute atomic E-state index is 0.0352. The molecule has 28 heavy (non-hydrogen) atoms. The third kappa shape index (κ3) is 4.49. The molecule has 0 aliphatic rings. The van der Waals surface area contributed by atoms with Crippen molar-refractivity contribution in [2.75, 3.05) is 5.32 Å². The molecule has 0 aliphatic heterocycles. The summed E-state index contributed by atoms with van der Waals surface area (Å²) in [7, 11) is 0. The lowest BCUT2D eigenvalue weighted by atomic mass is 10.3. The van der Waals surface area contributed by atoms with Crippen molar-refractivity contribution in [2.24, 2.45) is 0 Å². The van der Waals surface area contributed by atoms with Crippen molar-refractivity contribution in [1.29, 1.82) is 0 Å². The van der Waals surface area contributed by atoms with Crippen molar-refractivity contribution < 1.29 is 14.3 Å². The van der Waals surface area contributed by atoms with E-state index in [1.165, 1.54) is 17.8 Å². The van der Waals surface area contributed by atoms with Crippen LogP contribution in [0.5, 0.6) is 0 Å². The fourth-order valence-corrected chi connectivity index (χ4v) is 2.80. The molecule has 0 spiro atoms. The van der Waals surface area contributed by atoms with E-state index in [2.05, 4.69) is 15.5 Å². The molecule has 2 aromatic carbocycles. The number of amides is 1. The zero-order valence-electron chi connectivity index (χ0n) is 15.0. The molecule has 1 heterocycles. The van der Waals surface area contributed by atoms with Crippen molar-refractivity contribution in [3.8, 4) is 5.69 Å². The van der Waals surface area contributed by atoms with E-state index in [1.54, 1.807) is 31.2 Å². The van der Waals surface area contributed by atoms with Gasteiger partial charge in [0, 0.05) is 5.02 Å². The maximum Gasteiger partial charge on any atom is 0.361 e. The molecule has 144 valence electrons. The summed E-state index contributed by atoms with van der Waals surface area (Å²) in [6.45, 7) is 3.09. The number of anilines is 1. The van der Waals surface area contributed by atoms with E-state index < -0.39 is 18.0 Å². The molecular formula is C19H16Cl2N4O3. The number of carbonyl (C=O) groups excluding carboxylic acids is 2. The van der Waals surface area contributed by atoms with Crippen LogP contribution in [0.2, 0.25) is 10.0 Å². The van der Waals surface area contributed by atoms with Crippen LogP contribution in [0.25, 0.3) is 5.69 Å². The lowest BCUT2D eigenvalue weighted by Gasteiger charge is -2.13. The average molecular weight is 419 g/mol. The number of halogens is 2. The lowest BCUT2D eigenvalue weighted by Crippen LogP contribution is -2.30. The number of hydrogen-bond donors (Lipinski definition) is 1. The summed E-state index contributed by atoms with van der Waals surface area (Å²) < 4.78 is 5.23. The van der Waals surface area contributed by atoms with Crippen molar-refractivity contribution >= 4 is 40.8 Å². The van der Waals surface area contributed by atoms with E-state index in [9.17, 15) is 9.59 Å². The molecule has 1 unspecified atom stereocenters. The van der Waals surface area contributed by atoms with Crippen LogP contribution >= 0.6 is 23.2 Å². The molecule has 0 aliphatic carbocycles. The maximum absolute atomic E-state index is 12.4. The maximum atomic E-state index is 12.4. The topological polar surface area (TPSA) is 86.1 Å². The summed E-state index contributed by atoms with van der Waals surface area (Å²) in [6, 6.07) is 13.8. The number of para-hydroxylation sites is 1. The Morgan fingerprint density at radius 1 is 1.11 bits per heavy atom. The van der Waals surface area contributed by atoms with Gasteiger partial charge >= 0.3 is 5.97 Å². The summed E-state index contributed by atoms with van der Waals surface area (Å²) in [5.41, 5.74) is 1.49. The van der Waals surface area contributed by atoms with Gasteiger partial charge in [0.1, 0.15) is 0 Å². The standard InChI is InChI=1S/C19H16Cl2N4O3/c1-11-17(24-25(23-11)14-6-4-3-5-7-14)19(27)28-12(2)18(26)22-16-9-8-13(20)10-15(16)21/h3-10,12H,1-2H3,(H,22,26). The highest BCUT2D eigenvalue weighted by Gasteiger charge is 2.24. The van der Waals surface area contributed by atoms with E-state index >= 15 is 0 Å². The van der Waals surface area contributed by atoms with Gasteiger partial charge < -0.3 is 10.1 Å². The number of nitrogens with one attached hydrogen (secondary N) is 1. The van der Waals surface area contributed by atoms with Crippen LogP contribution in [0.4, 0.5) is 5.69 Å². The van der Waals surface area contributed by atoms with Crippen LogP contribution in [-0.4, -0.2) is 33.0 Å². The number of esters is 1. The second-order valence-electron chi connectivity index (χ2n) is 5.92. The Morgan fingerprint density at radius 2 is 1.82 bits per heavy atom. The first-order chi connectivity index (χ1) is 13.3. The Kier molecular flexibility index (Phi) is 5.96. The van der Waals surface area contributed by atoms with E-state index in [1.807, 2.05) is 18.2 Å². The molecule has 0 saturated carbocycles. The van der Waals surface area contributed by atoms with Gasteiger partial charge in [0.2, 0.25) is 0 Å². The number of aryl methyl sites for hydroxylation is 1. The van der Waals surface area contributed by atoms with Crippen LogP contribution < -0.4 is 5.32 Å². The first-order valence-corrected chi connectivity index (χ1v) is 9.07. The summed E-state index contributed by atoms with van der Waals surface area (Å²) in [6.07, 6.45) is -1.07. The largest absolute Gasteiger partial charge is 0.448 e. The van der Waals surface area contributed by atoms with Gasteiger partial charge in [-0.2, -0.15) is 9.90 Å². The van der Waals surface area contributed by atoms with Crippen molar-refractivity contribution in [1.82, 2.24) is 15.0 Å². The monoisotopic (exact) mass is 418 g/mol. The summed E-state index contributed by atoms with van der Waals surface area (Å²) >= 11 is 11.9. The number of nitrogens with zero attached hydrogens (tertiary/aromatic N) is 3. The molecule has 1 amide bonds. The molecule has 1 N–H and O–H groups in total. The molecule has 0 radical (unpaired) electrons. The molecule has 0 saturated heterocycles. The van der Waals surface area contributed by atoms with Gasteiger partial charge in [-0.1, -0.05) is 41.4 Å². The predicted molar refractivity (Wildman–Crippen MR) is 106 cm³/mol. The van der Waals surface area contributed by atoms with Crippen LogP contribution in [0.3, 0.4) is 0 Å². The second kappa shape index (κ2) is 8.41. The average Bonchev–Trinajstić information content (AvgIpc) is 3.06. The van der Waals surface area contributed by atoms with Gasteiger partial charge in [0.05, 0.1) is 22.1 Å². The van der Waals surface area contributed by atoms with Gasteiger partial charge in [-0.15, -0.1) is 5.10 Å². The number of rotatable bonds is 5. The Morgan fingerprint density at radius 3 is 2.50 bits per heavy atom. The molecule has 1 aromatic heterocycles. The van der Waals surface area contributed by atoms with E-state index in [4.69, 9.17) is 27.9 Å². The van der Waals surface area contributed by atoms with Gasteiger partial charge in [-0.3, -0.25) is 4.79 Å². The molecule has 9 heteroatoms. The zero-order chi connectivity index (χ0) is 20.3. The third-order valence-corrected chi connectivity index (χ3v) is 4.35. The highest BCUT2D eigenvalue weighted by molar-refractivity contribution is 6.36. The van der Waals surface area contributed by atoms with Crippen LogP contribution in [0.1, 0.15) is 23.1 Å². The van der Waals surface area contributed by atoms with E-state index in [0.717, 1.165) is 0 Å². The molecule has 0 fully saturated rings. The Hall–Kier alpha value is -2.90. The second-order valence-corrected chi connectivity index (χ2v) is 6.76. The zero-order valence-corrected chi connectivity index (χ0v) is 16.5. The number of hydrogen-bond acceptors (Lipinski definition) is 5. The molecule has 7 nitrogen and oxygen atoms in total. The summed E-state index contributed by atoms with van der Waals surface area (Å²) in [4.78, 5) is 26.1. The lowest BCUT2D eigenvalue weighted by molar-refractivity contribution is -0.123. The molecule has 0 bridgehead atoms. The molecule has 1 atom stereocenters. The Labute approximate surface area is 171 Å². The number of aromatic nitrogens is 3. The van der Waals surface area contributed by atoms with E-state index in [0.29, 0.717) is 22.1 Å². The van der Waals surface area contributed by atoms with Crippen LogP contribution in [-0.2, 0) is 9.53 Å². The first-order valence-electron chi connectivity index (χ1n) is 8.31.